The summed E-state index contributed by atoms with van der Waals surface area (Å²) in [6, 6.07) is 0. The Morgan fingerprint density at radius 3 is 2.12 bits per heavy atom. The lowest BCUT2D eigenvalue weighted by molar-refractivity contribution is 0.861. The molecule has 0 aliphatic carbocycles. The molecular weight excluding hydrogens is 94.9 g/mol. The zero-order chi connectivity index (χ0) is 6.62. The molecule has 0 unspecified atom stereocenters. The Morgan fingerprint density at radius 1 is 1.50 bits per heavy atom. The van der Waals surface area contributed by atoms with E-state index >= 15 is 0 Å². The van der Waals surface area contributed by atoms with Crippen LogP contribution >= 0.6 is 0 Å². The van der Waals surface area contributed by atoms with E-state index < -0.39 is 0 Å². The average molecular weight is 108 g/mol. The predicted molar refractivity (Wildman–Crippen MR) is 41.9 cm³/mol. The van der Waals surface area contributed by atoms with E-state index in [0.29, 0.717) is 5.31 Å². The standard InChI is InChI=1S/C7H13B/c1-4-5-6-7(2,3)8/h4-6H,1,8H2,2-3H3/b6-5+. The van der Waals surface area contributed by atoms with Crippen molar-refractivity contribution in [3.8, 4) is 0 Å². The third-order valence-electron chi connectivity index (χ3n) is 0.732. The van der Waals surface area contributed by atoms with Crippen LogP contribution in [-0.2, 0) is 0 Å². The number of hydrogen-bond acceptors (Lipinski definition) is 0. The molecule has 0 aromatic rings. The van der Waals surface area contributed by atoms with Crippen LogP contribution in [0.1, 0.15) is 13.8 Å². The molecule has 1 heteroatoms. The highest BCUT2D eigenvalue weighted by Gasteiger charge is 2.01. The molecule has 0 aliphatic rings. The molecular formula is C7H13B. The van der Waals surface area contributed by atoms with Gasteiger partial charge in [0.25, 0.3) is 0 Å². The molecule has 0 saturated carbocycles. The summed E-state index contributed by atoms with van der Waals surface area (Å²) in [5.74, 6) is 0. The Hall–Kier alpha value is -0.455. The molecule has 0 rings (SSSR count). The fraction of sp³-hybridized carbons (Fsp3) is 0.429. The van der Waals surface area contributed by atoms with Gasteiger partial charge in [0, 0.05) is 0 Å². The number of rotatable bonds is 2. The van der Waals surface area contributed by atoms with Gasteiger partial charge in [0.15, 0.2) is 0 Å². The van der Waals surface area contributed by atoms with Crippen molar-refractivity contribution in [1.82, 2.24) is 0 Å². The smallest absolute Gasteiger partial charge is 0.0991 e. The van der Waals surface area contributed by atoms with E-state index in [1.165, 1.54) is 0 Å². The van der Waals surface area contributed by atoms with Gasteiger partial charge < -0.3 is 0 Å². The maximum atomic E-state index is 3.58. The van der Waals surface area contributed by atoms with Crippen LogP contribution in [0.4, 0.5) is 0 Å². The van der Waals surface area contributed by atoms with Crippen molar-refractivity contribution in [3.05, 3.63) is 24.8 Å². The summed E-state index contributed by atoms with van der Waals surface area (Å²) in [5.41, 5.74) is 0. The van der Waals surface area contributed by atoms with Gasteiger partial charge in [0.05, 0.1) is 0 Å². The van der Waals surface area contributed by atoms with Crippen LogP contribution in [0, 0.1) is 0 Å². The van der Waals surface area contributed by atoms with Crippen molar-refractivity contribution in [3.63, 3.8) is 0 Å². The van der Waals surface area contributed by atoms with Gasteiger partial charge in [-0.3, -0.25) is 0 Å². The quantitative estimate of drug-likeness (QED) is 0.372. The van der Waals surface area contributed by atoms with Gasteiger partial charge in [-0.1, -0.05) is 38.7 Å². The first-order chi connectivity index (χ1) is 3.56. The summed E-state index contributed by atoms with van der Waals surface area (Å²) < 4.78 is 0. The second kappa shape index (κ2) is 2.76. The van der Waals surface area contributed by atoms with E-state index in [-0.39, 0.29) is 0 Å². The molecule has 0 saturated heterocycles. The highest BCUT2D eigenvalue weighted by Crippen LogP contribution is 2.18. The minimum atomic E-state index is 0.300. The van der Waals surface area contributed by atoms with Gasteiger partial charge in [0.1, 0.15) is 7.85 Å². The molecule has 0 aromatic carbocycles. The zero-order valence-electron chi connectivity index (χ0n) is 5.94. The van der Waals surface area contributed by atoms with Gasteiger partial charge in [-0.25, -0.2) is 0 Å². The maximum Gasteiger partial charge on any atom is 0.113 e. The van der Waals surface area contributed by atoms with Crippen LogP contribution < -0.4 is 0 Å². The van der Waals surface area contributed by atoms with E-state index in [1.807, 2.05) is 6.08 Å². The highest BCUT2D eigenvalue weighted by molar-refractivity contribution is 6.16. The van der Waals surface area contributed by atoms with Gasteiger partial charge in [-0.2, -0.15) is 0 Å². The van der Waals surface area contributed by atoms with Crippen LogP contribution in [0.3, 0.4) is 0 Å². The van der Waals surface area contributed by atoms with Crippen LogP contribution in [0.15, 0.2) is 24.8 Å². The van der Waals surface area contributed by atoms with E-state index in [2.05, 4.69) is 34.3 Å². The van der Waals surface area contributed by atoms with Gasteiger partial charge >= 0.3 is 0 Å². The molecule has 0 heterocycles. The van der Waals surface area contributed by atoms with Crippen molar-refractivity contribution in [2.45, 2.75) is 19.2 Å². The predicted octanol–water partition coefficient (Wildman–Crippen LogP) is 1.56. The van der Waals surface area contributed by atoms with E-state index in [9.17, 15) is 0 Å². The molecule has 0 aliphatic heterocycles. The van der Waals surface area contributed by atoms with E-state index in [4.69, 9.17) is 0 Å². The maximum absolute atomic E-state index is 3.58. The normalized spacial score (nSPS) is 12.2. The molecule has 0 N–H and O–H groups in total. The minimum absolute atomic E-state index is 0.300. The molecule has 0 fully saturated rings. The molecule has 44 valence electrons. The lowest BCUT2D eigenvalue weighted by Crippen LogP contribution is -1.94. The summed E-state index contributed by atoms with van der Waals surface area (Å²) >= 11 is 0. The van der Waals surface area contributed by atoms with Gasteiger partial charge in [-0.05, 0) is 5.31 Å². The molecule has 0 radical (unpaired) electrons. The van der Waals surface area contributed by atoms with Gasteiger partial charge in [-0.15, -0.1) is 0 Å². The second-order valence-electron chi connectivity index (χ2n) is 2.96. The zero-order valence-corrected chi connectivity index (χ0v) is 5.94. The SMILES string of the molecule is BC(C)(C)/C=C/C=C. The van der Waals surface area contributed by atoms with Crippen molar-refractivity contribution in [2.75, 3.05) is 0 Å². The molecule has 8 heavy (non-hydrogen) atoms. The number of allylic oxidation sites excluding steroid dienone is 3. The molecule has 0 bridgehead atoms. The van der Waals surface area contributed by atoms with Crippen LogP contribution in [0.2, 0.25) is 5.31 Å². The first-order valence-electron chi connectivity index (χ1n) is 2.86. The lowest BCUT2D eigenvalue weighted by atomic mass is 9.72. The molecule has 0 aromatic heterocycles. The summed E-state index contributed by atoms with van der Waals surface area (Å²) in [6.45, 7) is 7.90. The summed E-state index contributed by atoms with van der Waals surface area (Å²) in [7, 11) is 2.16. The monoisotopic (exact) mass is 108 g/mol. The summed E-state index contributed by atoms with van der Waals surface area (Å²) in [5, 5.41) is 0.300. The molecule has 0 nitrogen and oxygen atoms in total. The third-order valence-corrected chi connectivity index (χ3v) is 0.732. The first-order valence-corrected chi connectivity index (χ1v) is 2.86. The number of hydrogen-bond donors (Lipinski definition) is 0. The molecule has 0 spiro atoms. The highest BCUT2D eigenvalue weighted by atomic mass is 14.0. The fourth-order valence-corrected chi connectivity index (χ4v) is 0.357. The van der Waals surface area contributed by atoms with Crippen molar-refractivity contribution < 1.29 is 0 Å². The summed E-state index contributed by atoms with van der Waals surface area (Å²) in [4.78, 5) is 0. The Kier molecular flexibility index (Phi) is 2.60. The summed E-state index contributed by atoms with van der Waals surface area (Å²) in [6.07, 6.45) is 5.89. The van der Waals surface area contributed by atoms with Crippen molar-refractivity contribution in [1.29, 1.82) is 0 Å². The van der Waals surface area contributed by atoms with E-state index in [0.717, 1.165) is 0 Å². The fourth-order valence-electron chi connectivity index (χ4n) is 0.357. The topological polar surface area (TPSA) is 0 Å². The molecule has 0 amide bonds. The van der Waals surface area contributed by atoms with E-state index in [1.54, 1.807) is 6.08 Å². The Balaban J connectivity index is 3.69. The van der Waals surface area contributed by atoms with Crippen molar-refractivity contribution >= 4 is 7.85 Å². The Bertz CT molecular complexity index is 95.4. The largest absolute Gasteiger partial charge is 0.113 e. The van der Waals surface area contributed by atoms with Crippen LogP contribution in [0.5, 0.6) is 0 Å². The Labute approximate surface area is 52.7 Å². The third kappa shape index (κ3) is 5.54. The molecule has 0 atom stereocenters. The van der Waals surface area contributed by atoms with Crippen molar-refractivity contribution in [2.24, 2.45) is 0 Å². The first kappa shape index (κ1) is 7.54. The van der Waals surface area contributed by atoms with Crippen LogP contribution in [-0.4, -0.2) is 7.85 Å². The Morgan fingerprint density at radius 2 is 2.00 bits per heavy atom. The lowest BCUT2D eigenvalue weighted by Gasteiger charge is -2.09. The van der Waals surface area contributed by atoms with Gasteiger partial charge in [0.2, 0.25) is 0 Å². The second-order valence-corrected chi connectivity index (χ2v) is 2.96. The van der Waals surface area contributed by atoms with Crippen LogP contribution in [0.25, 0.3) is 0 Å². The minimum Gasteiger partial charge on any atom is -0.0991 e. The average Bonchev–Trinajstić information content (AvgIpc) is 1.59.